The molecule has 0 aromatic heterocycles. The van der Waals surface area contributed by atoms with E-state index in [-0.39, 0.29) is 24.4 Å². The number of benzene rings is 1. The minimum Gasteiger partial charge on any atom is -0.366 e. The number of fused-ring (bicyclic) bond motifs is 1. The summed E-state index contributed by atoms with van der Waals surface area (Å²) >= 11 is 0. The Balaban J connectivity index is 1.46. The molecule has 0 radical (unpaired) electrons. The number of amides is 4. The zero-order chi connectivity index (χ0) is 20.4. The van der Waals surface area contributed by atoms with Crippen LogP contribution in [-0.4, -0.2) is 52.8 Å². The van der Waals surface area contributed by atoms with Gasteiger partial charge in [-0.25, -0.2) is 4.79 Å². The number of rotatable bonds is 4. The van der Waals surface area contributed by atoms with Crippen molar-refractivity contribution in [2.75, 3.05) is 7.05 Å². The van der Waals surface area contributed by atoms with Crippen molar-refractivity contribution in [3.05, 3.63) is 47.7 Å². The second kappa shape index (κ2) is 8.27. The molecule has 3 aliphatic rings. The zero-order valence-corrected chi connectivity index (χ0v) is 16.8. The van der Waals surface area contributed by atoms with Gasteiger partial charge in [-0.1, -0.05) is 56.0 Å². The Kier molecular flexibility index (Phi) is 5.56. The van der Waals surface area contributed by atoms with Gasteiger partial charge in [-0.3, -0.25) is 14.5 Å². The molecule has 0 bridgehead atoms. The summed E-state index contributed by atoms with van der Waals surface area (Å²) in [6.07, 6.45) is 8.34. The van der Waals surface area contributed by atoms with Crippen LogP contribution in [0.15, 0.2) is 42.1 Å². The molecular formula is C22H28N4O3. The molecule has 1 aliphatic carbocycles. The van der Waals surface area contributed by atoms with Gasteiger partial charge in [0.2, 0.25) is 0 Å². The van der Waals surface area contributed by atoms with E-state index in [1.54, 1.807) is 18.1 Å². The van der Waals surface area contributed by atoms with Crippen LogP contribution < -0.4 is 10.6 Å². The molecule has 2 heterocycles. The predicted octanol–water partition coefficient (Wildman–Crippen LogP) is 2.14. The molecule has 1 aromatic carbocycles. The van der Waals surface area contributed by atoms with Crippen LogP contribution in [0.3, 0.4) is 0 Å². The first kappa shape index (κ1) is 19.5. The second-order valence-corrected chi connectivity index (χ2v) is 8.19. The van der Waals surface area contributed by atoms with Crippen LogP contribution in [0.5, 0.6) is 0 Å². The highest BCUT2D eigenvalue weighted by molar-refractivity contribution is 6.05. The van der Waals surface area contributed by atoms with Gasteiger partial charge in [0, 0.05) is 19.3 Å². The Bertz CT molecular complexity index is 815. The first-order valence-corrected chi connectivity index (χ1v) is 10.4. The quantitative estimate of drug-likeness (QED) is 0.764. The molecule has 1 saturated carbocycles. The molecule has 4 amide bonds. The van der Waals surface area contributed by atoms with E-state index in [9.17, 15) is 14.4 Å². The van der Waals surface area contributed by atoms with Crippen molar-refractivity contribution in [2.24, 2.45) is 0 Å². The van der Waals surface area contributed by atoms with Crippen LogP contribution in [0, 0.1) is 0 Å². The Labute approximate surface area is 171 Å². The van der Waals surface area contributed by atoms with Crippen molar-refractivity contribution in [2.45, 2.75) is 63.2 Å². The molecule has 154 valence electrons. The first-order valence-electron chi connectivity index (χ1n) is 10.4. The van der Waals surface area contributed by atoms with Gasteiger partial charge in [0.15, 0.2) is 0 Å². The maximum atomic E-state index is 13.1. The Morgan fingerprint density at radius 1 is 1.10 bits per heavy atom. The van der Waals surface area contributed by atoms with Gasteiger partial charge in [0.1, 0.15) is 6.04 Å². The van der Waals surface area contributed by atoms with E-state index < -0.39 is 18.1 Å². The normalized spacial score (nSPS) is 25.2. The molecule has 2 aliphatic heterocycles. The van der Waals surface area contributed by atoms with Crippen molar-refractivity contribution in [3.63, 3.8) is 0 Å². The standard InChI is InChI=1S/C22H28N4O3/c1-25-14-17(20(27)23-16-11-7-2-3-8-12-16)18-19(25)21(28)26(22(29)24-18)13-15-9-5-4-6-10-15/h4-6,9-10,14,16,18-19H,2-3,7-8,11-13H2,1H3,(H,23,27)(H,24,29). The largest absolute Gasteiger partial charge is 0.366 e. The van der Waals surface area contributed by atoms with E-state index in [4.69, 9.17) is 0 Å². The smallest absolute Gasteiger partial charge is 0.325 e. The lowest BCUT2D eigenvalue weighted by Gasteiger charge is -2.37. The zero-order valence-electron chi connectivity index (χ0n) is 16.8. The van der Waals surface area contributed by atoms with Gasteiger partial charge >= 0.3 is 6.03 Å². The maximum Gasteiger partial charge on any atom is 0.325 e. The highest BCUT2D eigenvalue weighted by atomic mass is 16.2. The topological polar surface area (TPSA) is 81.8 Å². The number of hydrogen-bond donors (Lipinski definition) is 2. The van der Waals surface area contributed by atoms with E-state index >= 15 is 0 Å². The van der Waals surface area contributed by atoms with E-state index in [2.05, 4.69) is 10.6 Å². The van der Waals surface area contributed by atoms with E-state index in [0.717, 1.165) is 31.2 Å². The number of carbonyl (C=O) groups is 3. The molecule has 7 heteroatoms. The number of nitrogens with one attached hydrogen (secondary N) is 2. The molecule has 4 rings (SSSR count). The summed E-state index contributed by atoms with van der Waals surface area (Å²) in [4.78, 5) is 41.7. The van der Waals surface area contributed by atoms with Gasteiger partial charge in [-0.05, 0) is 18.4 Å². The first-order chi connectivity index (χ1) is 14.0. The van der Waals surface area contributed by atoms with Crippen molar-refractivity contribution in [1.29, 1.82) is 0 Å². The molecule has 7 nitrogen and oxygen atoms in total. The van der Waals surface area contributed by atoms with Gasteiger partial charge in [0.05, 0.1) is 18.2 Å². The summed E-state index contributed by atoms with van der Waals surface area (Å²) in [5.74, 6) is -0.459. The van der Waals surface area contributed by atoms with Crippen LogP contribution in [0.4, 0.5) is 4.79 Å². The minimum atomic E-state index is -0.613. The van der Waals surface area contributed by atoms with Crippen LogP contribution in [0.2, 0.25) is 0 Å². The molecule has 0 spiro atoms. The Morgan fingerprint density at radius 3 is 2.48 bits per heavy atom. The third-order valence-corrected chi connectivity index (χ3v) is 6.11. The fourth-order valence-corrected chi connectivity index (χ4v) is 4.54. The third-order valence-electron chi connectivity index (χ3n) is 6.11. The van der Waals surface area contributed by atoms with Crippen molar-refractivity contribution >= 4 is 17.8 Å². The molecular weight excluding hydrogens is 368 g/mol. The molecule has 1 saturated heterocycles. The predicted molar refractivity (Wildman–Crippen MR) is 109 cm³/mol. The lowest BCUT2D eigenvalue weighted by molar-refractivity contribution is -0.135. The number of likely N-dealkylation sites (N-methyl/N-ethyl adjacent to an activating group) is 1. The highest BCUT2D eigenvalue weighted by Crippen LogP contribution is 2.28. The van der Waals surface area contributed by atoms with Gasteiger partial charge < -0.3 is 15.5 Å². The van der Waals surface area contributed by atoms with Gasteiger partial charge in [0.25, 0.3) is 11.8 Å². The number of nitrogens with zero attached hydrogens (tertiary/aromatic N) is 2. The summed E-state index contributed by atoms with van der Waals surface area (Å²) in [7, 11) is 1.78. The molecule has 1 aromatic rings. The number of hydrogen-bond acceptors (Lipinski definition) is 4. The fourth-order valence-electron chi connectivity index (χ4n) is 4.54. The van der Waals surface area contributed by atoms with Gasteiger partial charge in [-0.15, -0.1) is 0 Å². The highest BCUT2D eigenvalue weighted by Gasteiger charge is 2.49. The molecule has 2 unspecified atom stereocenters. The summed E-state index contributed by atoms with van der Waals surface area (Å²) in [6.45, 7) is 0.214. The van der Waals surface area contributed by atoms with E-state index in [1.807, 2.05) is 30.3 Å². The van der Waals surface area contributed by atoms with Crippen molar-refractivity contribution in [3.8, 4) is 0 Å². The average Bonchev–Trinajstić information content (AvgIpc) is 2.87. The Morgan fingerprint density at radius 2 is 1.79 bits per heavy atom. The molecule has 2 N–H and O–H groups in total. The maximum absolute atomic E-state index is 13.1. The van der Waals surface area contributed by atoms with E-state index in [0.29, 0.717) is 5.57 Å². The molecule has 2 atom stereocenters. The third kappa shape index (κ3) is 3.99. The summed E-state index contributed by atoms with van der Waals surface area (Å²) < 4.78 is 0. The van der Waals surface area contributed by atoms with Crippen LogP contribution in [0.25, 0.3) is 0 Å². The van der Waals surface area contributed by atoms with Gasteiger partial charge in [-0.2, -0.15) is 0 Å². The number of urea groups is 1. The number of carbonyl (C=O) groups excluding carboxylic acids is 3. The van der Waals surface area contributed by atoms with Crippen molar-refractivity contribution < 1.29 is 14.4 Å². The molecule has 2 fully saturated rings. The number of imide groups is 1. The SMILES string of the molecule is CN1C=C(C(=O)NC2CCCCCC2)C2NC(=O)N(Cc3ccccc3)C(=O)C21. The monoisotopic (exact) mass is 396 g/mol. The fraction of sp³-hybridized carbons (Fsp3) is 0.500. The second-order valence-electron chi connectivity index (χ2n) is 8.19. The summed E-state index contributed by atoms with van der Waals surface area (Å²) in [5, 5.41) is 6.01. The van der Waals surface area contributed by atoms with Crippen LogP contribution in [-0.2, 0) is 16.1 Å². The lowest BCUT2D eigenvalue weighted by atomic mass is 9.98. The molecule has 29 heavy (non-hydrogen) atoms. The van der Waals surface area contributed by atoms with Crippen LogP contribution >= 0.6 is 0 Å². The summed E-state index contributed by atoms with van der Waals surface area (Å²) in [5.41, 5.74) is 1.34. The summed E-state index contributed by atoms with van der Waals surface area (Å²) in [6, 6.07) is 7.93. The van der Waals surface area contributed by atoms with E-state index in [1.165, 1.54) is 17.7 Å². The van der Waals surface area contributed by atoms with Crippen molar-refractivity contribution in [1.82, 2.24) is 20.4 Å². The minimum absolute atomic E-state index is 0.167. The average molecular weight is 396 g/mol. The van der Waals surface area contributed by atoms with Crippen LogP contribution in [0.1, 0.15) is 44.1 Å². The lowest BCUT2D eigenvalue weighted by Crippen LogP contribution is -2.64. The Hall–Kier alpha value is -2.83.